The van der Waals surface area contributed by atoms with Crippen molar-refractivity contribution in [3.05, 3.63) is 117 Å². The number of carbonyl (C=O) groups excluding carboxylic acids is 1. The zero-order valence-electron chi connectivity index (χ0n) is 34.4. The largest absolute Gasteiger partial charge is 0.497 e. The number of fused-ring (bicyclic) bond motifs is 2. The molecular weight excluding hydrogens is 814 g/mol. The van der Waals surface area contributed by atoms with Crippen LogP contribution in [0.25, 0.3) is 44.1 Å². The van der Waals surface area contributed by atoms with E-state index in [1.807, 2.05) is 18.4 Å². The average Bonchev–Trinajstić information content (AvgIpc) is 3.27. The van der Waals surface area contributed by atoms with Crippen LogP contribution in [-0.4, -0.2) is 67.0 Å². The second-order valence-corrected chi connectivity index (χ2v) is 15.1. The fourth-order valence-corrected chi connectivity index (χ4v) is 7.52. The highest BCUT2D eigenvalue weighted by Gasteiger charge is 2.20. The number of methoxy groups -OCH3 is 3. The summed E-state index contributed by atoms with van der Waals surface area (Å²) in [5, 5.41) is 0.0264. The highest BCUT2D eigenvalue weighted by atomic mass is 35.5. The summed E-state index contributed by atoms with van der Waals surface area (Å²) in [4.78, 5) is 37.8. The molecule has 0 N–H and O–H groups in total. The molecule has 6 aromatic rings. The Labute approximate surface area is 356 Å². The van der Waals surface area contributed by atoms with E-state index in [4.69, 9.17) is 30.5 Å². The summed E-state index contributed by atoms with van der Waals surface area (Å²) in [5.41, 5.74) is 2.28. The number of carbonyl (C=O) groups is 1. The van der Waals surface area contributed by atoms with Crippen molar-refractivity contribution in [3.63, 3.8) is 0 Å². The Hall–Kier alpha value is -5.53. The minimum atomic E-state index is -0.582. The maximum atomic E-state index is 15.0. The first-order valence-electron chi connectivity index (χ1n) is 19.6. The van der Waals surface area contributed by atoms with Gasteiger partial charge in [0.1, 0.15) is 34.6 Å². The molecule has 0 atom stereocenters. The third-order valence-electron chi connectivity index (χ3n) is 9.47. The number of benzene rings is 4. The smallest absolute Gasteiger partial charge is 0.306 e. The van der Waals surface area contributed by atoms with Crippen LogP contribution >= 0.6 is 23.4 Å². The first-order chi connectivity index (χ1) is 29.1. The van der Waals surface area contributed by atoms with Gasteiger partial charge in [0.2, 0.25) is 0 Å². The Bertz CT molecular complexity index is 2510. The summed E-state index contributed by atoms with van der Waals surface area (Å²) in [6, 6.07) is 19.9. The highest BCUT2D eigenvalue weighted by molar-refractivity contribution is 7.99. The van der Waals surface area contributed by atoms with Gasteiger partial charge in [0.25, 0.3) is 0 Å². The molecule has 4 aromatic carbocycles. The van der Waals surface area contributed by atoms with Crippen LogP contribution in [0.15, 0.2) is 94.8 Å². The van der Waals surface area contributed by atoms with E-state index in [1.54, 1.807) is 104 Å². The van der Waals surface area contributed by atoms with Crippen LogP contribution in [0.2, 0.25) is 0 Å². The lowest BCUT2D eigenvalue weighted by Crippen LogP contribution is -2.16. The number of aromatic nitrogens is 2. The minimum Gasteiger partial charge on any atom is -0.497 e. The lowest BCUT2D eigenvalue weighted by molar-refractivity contribution is -0.140. The van der Waals surface area contributed by atoms with Crippen molar-refractivity contribution in [2.75, 3.05) is 51.9 Å². The third-order valence-corrected chi connectivity index (χ3v) is 10.6. The summed E-state index contributed by atoms with van der Waals surface area (Å²) in [6.45, 7) is 5.85. The zero-order chi connectivity index (χ0) is 43.2. The van der Waals surface area contributed by atoms with Crippen LogP contribution in [0.3, 0.4) is 0 Å². The Kier molecular flexibility index (Phi) is 16.8. The Balaban J connectivity index is 0.000000232. The fraction of sp³-hybridized carbons (Fsp3) is 0.326. The molecule has 0 aliphatic heterocycles. The molecule has 2 aromatic heterocycles. The topological polar surface area (TPSA) is 107 Å². The molecule has 6 rings (SSSR count). The number of aryl methyl sites for hydroxylation is 2. The van der Waals surface area contributed by atoms with Gasteiger partial charge < -0.3 is 32.8 Å². The summed E-state index contributed by atoms with van der Waals surface area (Å²) >= 11 is 7.55. The van der Waals surface area contributed by atoms with E-state index in [0.717, 1.165) is 12.8 Å². The molecule has 0 aliphatic carbocycles. The molecule has 60 heavy (non-hydrogen) atoms. The van der Waals surface area contributed by atoms with Crippen LogP contribution in [0, 0.1) is 11.6 Å². The molecule has 14 heteroatoms. The van der Waals surface area contributed by atoms with Crippen molar-refractivity contribution in [2.45, 2.75) is 46.2 Å². The minimum absolute atomic E-state index is 0.0106. The summed E-state index contributed by atoms with van der Waals surface area (Å²) in [5.74, 6) is 2.51. The maximum Gasteiger partial charge on any atom is 0.306 e. The van der Waals surface area contributed by atoms with E-state index in [9.17, 15) is 23.2 Å². The first-order valence-corrected chi connectivity index (χ1v) is 21.3. The van der Waals surface area contributed by atoms with E-state index >= 15 is 0 Å². The standard InChI is InChI=1S/C25H28FNO5S.C21H21ClFNO3/c1-4-13-32-21-10-9-20(26)23-24(21)27(12-15-33-14-11-22(28)31-3)16-19(25(23)29)17-5-7-18(30-2)8-6-17;1-3-12-27-18-9-8-17(23)19-20(18)24(11-10-22)13-16(21(19)25)14-4-6-15(26-2)7-5-14/h5-10,16H,4,11-15H2,1-3H3;4-9,13H,3,10-12H2,1-2H3. The second kappa shape index (κ2) is 22.2. The maximum absolute atomic E-state index is 15.0. The molecule has 10 nitrogen and oxygen atoms in total. The summed E-state index contributed by atoms with van der Waals surface area (Å²) in [7, 11) is 4.52. The number of hydrogen-bond acceptors (Lipinski definition) is 9. The fourth-order valence-electron chi connectivity index (χ4n) is 6.50. The van der Waals surface area contributed by atoms with Crippen LogP contribution < -0.4 is 29.8 Å². The monoisotopic (exact) mass is 862 g/mol. The van der Waals surface area contributed by atoms with Crippen molar-refractivity contribution in [1.82, 2.24) is 9.13 Å². The molecule has 2 heterocycles. The Morgan fingerprint density at radius 3 is 1.50 bits per heavy atom. The zero-order valence-corrected chi connectivity index (χ0v) is 35.9. The predicted molar refractivity (Wildman–Crippen MR) is 237 cm³/mol. The van der Waals surface area contributed by atoms with Crippen molar-refractivity contribution in [2.24, 2.45) is 0 Å². The van der Waals surface area contributed by atoms with Gasteiger partial charge in [-0.3, -0.25) is 14.4 Å². The van der Waals surface area contributed by atoms with Gasteiger partial charge in [0, 0.05) is 54.0 Å². The van der Waals surface area contributed by atoms with E-state index in [-0.39, 0.29) is 27.6 Å². The van der Waals surface area contributed by atoms with Crippen LogP contribution in [0.4, 0.5) is 8.78 Å². The van der Waals surface area contributed by atoms with Gasteiger partial charge in [0.15, 0.2) is 10.9 Å². The molecule has 0 saturated heterocycles. The van der Waals surface area contributed by atoms with Crippen LogP contribution in [0.5, 0.6) is 23.0 Å². The molecular formula is C46H49ClF2N2O8S. The number of hydrogen-bond donors (Lipinski definition) is 0. The SMILES string of the molecule is CCCOc1ccc(F)c2c(=O)c(-c3ccc(OC)cc3)cn(CCCl)c12.CCCOc1ccc(F)c2c(=O)c(-c3ccc(OC)cc3)cn(CCSCCC(=O)OC)c12. The Morgan fingerprint density at radius 2 is 1.10 bits per heavy atom. The van der Waals surface area contributed by atoms with Crippen molar-refractivity contribution in [1.29, 1.82) is 0 Å². The van der Waals surface area contributed by atoms with Gasteiger partial charge in [-0.25, -0.2) is 8.78 Å². The number of nitrogens with zero attached hydrogens (tertiary/aromatic N) is 2. The van der Waals surface area contributed by atoms with E-state index < -0.39 is 11.6 Å². The lowest BCUT2D eigenvalue weighted by atomic mass is 10.0. The molecule has 0 saturated carbocycles. The second-order valence-electron chi connectivity index (χ2n) is 13.5. The molecule has 0 radical (unpaired) electrons. The molecule has 0 spiro atoms. The molecule has 0 aliphatic rings. The van der Waals surface area contributed by atoms with Crippen LogP contribution in [-0.2, 0) is 22.6 Å². The van der Waals surface area contributed by atoms with Gasteiger partial charge in [-0.1, -0.05) is 38.1 Å². The Morgan fingerprint density at radius 1 is 0.650 bits per heavy atom. The highest BCUT2D eigenvalue weighted by Crippen LogP contribution is 2.32. The van der Waals surface area contributed by atoms with Crippen molar-refractivity contribution in [3.8, 4) is 45.3 Å². The normalized spacial score (nSPS) is 10.9. The molecule has 0 fully saturated rings. The van der Waals surface area contributed by atoms with Gasteiger partial charge in [-0.15, -0.1) is 11.6 Å². The molecule has 0 bridgehead atoms. The number of ether oxygens (including phenoxy) is 5. The number of thioether (sulfide) groups is 1. The number of halogens is 3. The number of pyridine rings is 2. The van der Waals surface area contributed by atoms with Crippen molar-refractivity contribution >= 4 is 51.1 Å². The van der Waals surface area contributed by atoms with E-state index in [0.29, 0.717) is 106 Å². The van der Waals surface area contributed by atoms with Crippen molar-refractivity contribution < 1.29 is 37.3 Å². The van der Waals surface area contributed by atoms with Crippen LogP contribution in [0.1, 0.15) is 33.1 Å². The molecule has 318 valence electrons. The quantitative estimate of drug-likeness (QED) is 0.0474. The molecule has 0 amide bonds. The van der Waals surface area contributed by atoms with Gasteiger partial charge in [-0.05, 0) is 72.5 Å². The first kappa shape index (κ1) is 45.6. The number of alkyl halides is 1. The van der Waals surface area contributed by atoms with E-state index in [1.165, 1.54) is 19.2 Å². The van der Waals surface area contributed by atoms with Gasteiger partial charge in [0.05, 0.1) is 62.8 Å². The third kappa shape index (κ3) is 10.8. The van der Waals surface area contributed by atoms with Gasteiger partial charge in [-0.2, -0.15) is 11.8 Å². The number of esters is 1. The van der Waals surface area contributed by atoms with Gasteiger partial charge >= 0.3 is 5.97 Å². The summed E-state index contributed by atoms with van der Waals surface area (Å²) < 4.78 is 59.9. The predicted octanol–water partition coefficient (Wildman–Crippen LogP) is 9.75. The van der Waals surface area contributed by atoms with E-state index in [2.05, 4.69) is 4.74 Å². The average molecular weight is 863 g/mol. The lowest BCUT2D eigenvalue weighted by Gasteiger charge is -2.17. The molecule has 0 unspecified atom stereocenters. The number of rotatable bonds is 18. The summed E-state index contributed by atoms with van der Waals surface area (Å²) in [6.07, 6.45) is 5.39.